The second-order valence-electron chi connectivity index (χ2n) is 3.86. The van der Waals surface area contributed by atoms with Crippen LogP contribution in [-0.4, -0.2) is 23.1 Å². The summed E-state index contributed by atoms with van der Waals surface area (Å²) in [5.41, 5.74) is 1.82. The zero-order valence-corrected chi connectivity index (χ0v) is 9.82. The van der Waals surface area contributed by atoms with Crippen LogP contribution in [0.1, 0.15) is 12.0 Å². The zero-order chi connectivity index (χ0) is 14.4. The number of benzene rings is 1. The fourth-order valence-electron chi connectivity index (χ4n) is 1.60. The number of nitrogens with two attached hydrogens (primary N) is 1. The first-order valence-electron chi connectivity index (χ1n) is 5.35. The zero-order valence-electron chi connectivity index (χ0n) is 9.82. The largest absolute Gasteiger partial charge is 0.465 e. The first-order valence-corrected chi connectivity index (χ1v) is 5.35. The summed E-state index contributed by atoms with van der Waals surface area (Å²) >= 11 is 0. The average molecular weight is 273 g/mol. The molecule has 0 aliphatic heterocycles. The van der Waals surface area contributed by atoms with E-state index in [0.717, 1.165) is 18.2 Å². The molecule has 0 heterocycles. The molecule has 1 atom stereocenters. The van der Waals surface area contributed by atoms with Gasteiger partial charge in [-0.3, -0.25) is 10.2 Å². The number of carbonyl (C=O) groups is 2. The van der Waals surface area contributed by atoms with Crippen molar-refractivity contribution in [3.8, 4) is 0 Å². The summed E-state index contributed by atoms with van der Waals surface area (Å²) in [5.74, 6) is 2.96. The smallest absolute Gasteiger partial charge is 0.404 e. The lowest BCUT2D eigenvalue weighted by molar-refractivity contribution is -0.121. The number of carbonyl (C=O) groups excluding carboxylic acids is 1. The van der Waals surface area contributed by atoms with Crippen LogP contribution in [0.4, 0.5) is 13.6 Å². The van der Waals surface area contributed by atoms with Gasteiger partial charge in [0.05, 0.1) is 0 Å². The predicted octanol–water partition coefficient (Wildman–Crippen LogP) is 0.523. The Hall–Kier alpha value is -2.22. The SMILES string of the molecule is NNC(=O)C[C@@H](Cc1cc(F)ccc1F)NC(=O)O. The molecule has 8 heteroatoms. The van der Waals surface area contributed by atoms with E-state index in [0.29, 0.717) is 0 Å². The molecule has 5 N–H and O–H groups in total. The van der Waals surface area contributed by atoms with Gasteiger partial charge >= 0.3 is 6.09 Å². The second kappa shape index (κ2) is 6.64. The van der Waals surface area contributed by atoms with Crippen LogP contribution in [0, 0.1) is 11.6 Å². The Morgan fingerprint density at radius 3 is 2.63 bits per heavy atom. The Labute approximate surface area is 107 Å². The van der Waals surface area contributed by atoms with Gasteiger partial charge in [-0.2, -0.15) is 0 Å². The van der Waals surface area contributed by atoms with E-state index in [-0.39, 0.29) is 18.4 Å². The van der Waals surface area contributed by atoms with Crippen LogP contribution in [0.5, 0.6) is 0 Å². The third-order valence-electron chi connectivity index (χ3n) is 2.39. The number of rotatable bonds is 5. The van der Waals surface area contributed by atoms with Gasteiger partial charge in [-0.05, 0) is 30.2 Å². The molecule has 0 saturated heterocycles. The normalized spacial score (nSPS) is 11.7. The minimum atomic E-state index is -1.37. The van der Waals surface area contributed by atoms with Crippen LogP contribution in [0.2, 0.25) is 0 Å². The number of hydrogen-bond donors (Lipinski definition) is 4. The minimum Gasteiger partial charge on any atom is -0.465 e. The van der Waals surface area contributed by atoms with Crippen molar-refractivity contribution in [3.63, 3.8) is 0 Å². The van der Waals surface area contributed by atoms with Crippen molar-refractivity contribution in [2.75, 3.05) is 0 Å². The summed E-state index contributed by atoms with van der Waals surface area (Å²) in [7, 11) is 0. The second-order valence-corrected chi connectivity index (χ2v) is 3.86. The maximum absolute atomic E-state index is 13.4. The Morgan fingerprint density at radius 2 is 2.05 bits per heavy atom. The molecule has 1 aromatic rings. The van der Waals surface area contributed by atoms with Gasteiger partial charge in [0.25, 0.3) is 0 Å². The van der Waals surface area contributed by atoms with Crippen molar-refractivity contribution in [2.24, 2.45) is 5.84 Å². The van der Waals surface area contributed by atoms with Crippen molar-refractivity contribution in [1.29, 1.82) is 0 Å². The highest BCUT2D eigenvalue weighted by Gasteiger charge is 2.18. The third kappa shape index (κ3) is 4.88. The van der Waals surface area contributed by atoms with Crippen molar-refractivity contribution in [1.82, 2.24) is 10.7 Å². The summed E-state index contributed by atoms with van der Waals surface area (Å²) in [5, 5.41) is 10.7. The molecule has 104 valence electrons. The Balaban J connectivity index is 2.83. The van der Waals surface area contributed by atoms with Crippen LogP contribution in [-0.2, 0) is 11.2 Å². The number of amides is 2. The lowest BCUT2D eigenvalue weighted by atomic mass is 10.0. The Kier molecular flexibility index (Phi) is 5.19. The van der Waals surface area contributed by atoms with E-state index >= 15 is 0 Å². The third-order valence-corrected chi connectivity index (χ3v) is 2.39. The lowest BCUT2D eigenvalue weighted by Crippen LogP contribution is -2.41. The number of halogens is 2. The molecule has 0 fully saturated rings. The molecule has 0 bridgehead atoms. The number of nitrogens with one attached hydrogen (secondary N) is 2. The molecule has 0 spiro atoms. The quantitative estimate of drug-likeness (QED) is 0.356. The van der Waals surface area contributed by atoms with Crippen LogP contribution in [0.3, 0.4) is 0 Å². The Bertz CT molecular complexity index is 482. The van der Waals surface area contributed by atoms with Gasteiger partial charge < -0.3 is 10.4 Å². The van der Waals surface area contributed by atoms with Crippen molar-refractivity contribution in [3.05, 3.63) is 35.4 Å². The first-order chi connectivity index (χ1) is 8.92. The van der Waals surface area contributed by atoms with E-state index in [2.05, 4.69) is 5.32 Å². The minimum absolute atomic E-state index is 0.0245. The highest BCUT2D eigenvalue weighted by molar-refractivity contribution is 5.76. The van der Waals surface area contributed by atoms with Crippen LogP contribution in [0.25, 0.3) is 0 Å². The topological polar surface area (TPSA) is 104 Å². The van der Waals surface area contributed by atoms with Crippen LogP contribution < -0.4 is 16.6 Å². The highest BCUT2D eigenvalue weighted by Crippen LogP contribution is 2.13. The van der Waals surface area contributed by atoms with Crippen LogP contribution >= 0.6 is 0 Å². The highest BCUT2D eigenvalue weighted by atomic mass is 19.1. The summed E-state index contributed by atoms with van der Waals surface area (Å²) < 4.78 is 26.4. The van der Waals surface area contributed by atoms with E-state index in [1.165, 1.54) is 0 Å². The van der Waals surface area contributed by atoms with Gasteiger partial charge in [0, 0.05) is 12.5 Å². The average Bonchev–Trinajstić information content (AvgIpc) is 2.32. The van der Waals surface area contributed by atoms with E-state index in [1.807, 2.05) is 5.43 Å². The Morgan fingerprint density at radius 1 is 1.37 bits per heavy atom. The van der Waals surface area contributed by atoms with E-state index < -0.39 is 29.7 Å². The van der Waals surface area contributed by atoms with Gasteiger partial charge in [0.1, 0.15) is 11.6 Å². The molecule has 0 aliphatic rings. The van der Waals surface area contributed by atoms with Gasteiger partial charge in [0.15, 0.2) is 0 Å². The molecule has 1 rings (SSSR count). The summed E-state index contributed by atoms with van der Waals surface area (Å²) in [6.07, 6.45) is -1.81. The standard InChI is InChI=1S/C11H13F2N3O3/c12-7-1-2-9(13)6(3-7)4-8(15-11(18)19)5-10(17)16-14/h1-3,8,15H,4-5,14H2,(H,16,17)(H,18,19)/t8-/m1/s1. The monoisotopic (exact) mass is 273 g/mol. The first kappa shape index (κ1) is 14.8. The fourth-order valence-corrected chi connectivity index (χ4v) is 1.60. The predicted molar refractivity (Wildman–Crippen MR) is 62.0 cm³/mol. The molecule has 0 unspecified atom stereocenters. The molecule has 0 saturated carbocycles. The number of carboxylic acid groups (broad SMARTS) is 1. The number of hydrogen-bond acceptors (Lipinski definition) is 3. The molecule has 6 nitrogen and oxygen atoms in total. The van der Waals surface area contributed by atoms with E-state index in [4.69, 9.17) is 10.9 Å². The van der Waals surface area contributed by atoms with Gasteiger partial charge in [0.2, 0.25) is 5.91 Å². The van der Waals surface area contributed by atoms with Crippen molar-refractivity contribution >= 4 is 12.0 Å². The van der Waals surface area contributed by atoms with E-state index in [1.54, 1.807) is 0 Å². The molecule has 1 aromatic carbocycles. The molecule has 2 amide bonds. The maximum Gasteiger partial charge on any atom is 0.404 e. The molecule has 0 aromatic heterocycles. The van der Waals surface area contributed by atoms with E-state index in [9.17, 15) is 18.4 Å². The summed E-state index contributed by atoms with van der Waals surface area (Å²) in [6, 6.07) is 1.93. The summed E-state index contributed by atoms with van der Waals surface area (Å²) in [6.45, 7) is 0. The van der Waals surface area contributed by atoms with Gasteiger partial charge in [-0.25, -0.2) is 19.4 Å². The van der Waals surface area contributed by atoms with Gasteiger partial charge in [-0.1, -0.05) is 0 Å². The number of hydrazine groups is 1. The molecular weight excluding hydrogens is 260 g/mol. The van der Waals surface area contributed by atoms with Gasteiger partial charge in [-0.15, -0.1) is 0 Å². The summed E-state index contributed by atoms with van der Waals surface area (Å²) in [4.78, 5) is 21.7. The molecule has 0 aliphatic carbocycles. The maximum atomic E-state index is 13.4. The van der Waals surface area contributed by atoms with Crippen molar-refractivity contribution < 1.29 is 23.5 Å². The van der Waals surface area contributed by atoms with Crippen molar-refractivity contribution in [2.45, 2.75) is 18.9 Å². The van der Waals surface area contributed by atoms with Crippen LogP contribution in [0.15, 0.2) is 18.2 Å². The lowest BCUT2D eigenvalue weighted by Gasteiger charge is -2.16. The molecule has 19 heavy (non-hydrogen) atoms. The fraction of sp³-hybridized carbons (Fsp3) is 0.273. The molecular formula is C11H13F2N3O3. The molecule has 0 radical (unpaired) electrons.